The molecule has 1 aliphatic rings. The molecule has 1 aromatic carbocycles. The fourth-order valence-electron chi connectivity index (χ4n) is 3.23. The summed E-state index contributed by atoms with van der Waals surface area (Å²) in [5.41, 5.74) is 2.79. The molecule has 0 spiro atoms. The van der Waals surface area contributed by atoms with Gasteiger partial charge in [-0.25, -0.2) is 0 Å². The van der Waals surface area contributed by atoms with Crippen LogP contribution < -0.4 is 5.32 Å². The Kier molecular flexibility index (Phi) is 5.01. The Morgan fingerprint density at radius 3 is 2.68 bits per heavy atom. The number of aromatic nitrogens is 2. The smallest absolute Gasteiger partial charge is 0.189 e. The van der Waals surface area contributed by atoms with Crippen molar-refractivity contribution in [2.24, 2.45) is 0 Å². The van der Waals surface area contributed by atoms with Crippen molar-refractivity contribution in [2.75, 3.05) is 11.9 Å². The summed E-state index contributed by atoms with van der Waals surface area (Å²) in [5, 5.41) is 12.9. The lowest BCUT2D eigenvalue weighted by atomic mass is 9.95. The van der Waals surface area contributed by atoms with Gasteiger partial charge >= 0.3 is 0 Å². The van der Waals surface area contributed by atoms with Gasteiger partial charge in [-0.15, -0.1) is 0 Å². The number of pyridine rings is 2. The molecular formula is C22H19N3O3. The highest BCUT2D eigenvalue weighted by molar-refractivity contribution is 6.07. The highest BCUT2D eigenvalue weighted by atomic mass is 16.5. The van der Waals surface area contributed by atoms with Gasteiger partial charge in [-0.2, -0.15) is 0 Å². The normalized spacial score (nSPS) is 14.4. The zero-order valence-corrected chi connectivity index (χ0v) is 15.1. The van der Waals surface area contributed by atoms with Crippen LogP contribution in [0.25, 0.3) is 5.76 Å². The number of hydrogen-bond donors (Lipinski definition) is 2. The number of Topliss-reactive ketones (excluding diaryl/α,β-unsaturated/α-hetero) is 1. The molecule has 2 aromatic heterocycles. The van der Waals surface area contributed by atoms with Gasteiger partial charge in [0.25, 0.3) is 0 Å². The molecule has 1 aliphatic heterocycles. The molecule has 3 heterocycles. The number of hydrogen-bond acceptors (Lipinski definition) is 6. The molecular weight excluding hydrogens is 354 g/mol. The minimum absolute atomic E-state index is 0.0239. The van der Waals surface area contributed by atoms with Gasteiger partial charge in [-0.1, -0.05) is 36.4 Å². The highest BCUT2D eigenvalue weighted by Crippen LogP contribution is 2.33. The average molecular weight is 373 g/mol. The third-order valence-electron chi connectivity index (χ3n) is 4.52. The number of rotatable bonds is 6. The van der Waals surface area contributed by atoms with E-state index in [-0.39, 0.29) is 11.5 Å². The predicted octanol–water partition coefficient (Wildman–Crippen LogP) is 3.74. The molecule has 28 heavy (non-hydrogen) atoms. The molecule has 3 aromatic rings. The lowest BCUT2D eigenvalue weighted by molar-refractivity contribution is -0.116. The Morgan fingerprint density at radius 1 is 1.07 bits per heavy atom. The van der Waals surface area contributed by atoms with E-state index in [9.17, 15) is 9.90 Å². The van der Waals surface area contributed by atoms with Gasteiger partial charge in [-0.3, -0.25) is 14.8 Å². The number of nitrogens with zero attached hydrogens (tertiary/aromatic N) is 2. The first-order chi connectivity index (χ1) is 13.7. The number of anilines is 1. The van der Waals surface area contributed by atoms with Gasteiger partial charge in [0, 0.05) is 41.6 Å². The van der Waals surface area contributed by atoms with Crippen molar-refractivity contribution in [3.63, 3.8) is 0 Å². The second kappa shape index (κ2) is 7.92. The van der Waals surface area contributed by atoms with Crippen molar-refractivity contribution < 1.29 is 14.6 Å². The Balaban J connectivity index is 1.72. The molecule has 4 rings (SSSR count). The van der Waals surface area contributed by atoms with Crippen molar-refractivity contribution in [3.8, 4) is 5.75 Å². The first kappa shape index (κ1) is 17.7. The third kappa shape index (κ3) is 3.71. The van der Waals surface area contributed by atoms with E-state index in [1.807, 2.05) is 36.4 Å². The van der Waals surface area contributed by atoms with Crippen LogP contribution in [0.2, 0.25) is 0 Å². The molecule has 1 atom stereocenters. The van der Waals surface area contributed by atoms with Gasteiger partial charge < -0.3 is 15.2 Å². The van der Waals surface area contributed by atoms with E-state index in [4.69, 9.17) is 4.74 Å². The number of nitrogens with one attached hydrogen (secondary N) is 1. The van der Waals surface area contributed by atoms with Gasteiger partial charge in [0.2, 0.25) is 0 Å². The van der Waals surface area contributed by atoms with E-state index in [0.29, 0.717) is 30.0 Å². The van der Waals surface area contributed by atoms with Crippen LogP contribution in [0.1, 0.15) is 23.6 Å². The Hall–Kier alpha value is -3.67. The summed E-state index contributed by atoms with van der Waals surface area (Å²) in [6.45, 7) is 0.471. The van der Waals surface area contributed by atoms with Crippen molar-refractivity contribution in [1.82, 2.24) is 9.97 Å². The molecule has 0 bridgehead atoms. The number of benzene rings is 1. The lowest BCUT2D eigenvalue weighted by Gasteiger charge is -2.20. The Labute approximate surface area is 162 Å². The maximum Gasteiger partial charge on any atom is 0.189 e. The number of aromatic hydroxyl groups is 1. The molecule has 2 N–H and O–H groups in total. The summed E-state index contributed by atoms with van der Waals surface area (Å²) in [5.74, 6) is 0.554. The van der Waals surface area contributed by atoms with Crippen LogP contribution >= 0.6 is 0 Å². The van der Waals surface area contributed by atoms with Crippen LogP contribution in [0.4, 0.5) is 5.69 Å². The maximum absolute atomic E-state index is 13.5. The number of carbonyl (C=O) groups is 1. The van der Waals surface area contributed by atoms with E-state index in [1.54, 1.807) is 24.7 Å². The standard InChI is InChI=1S/C22H19N3O3/c26-18-11-17(13-24-14-18)25-20(16-7-4-9-23-12-16)21(27)19-8-10-28-22(19)15-5-2-1-3-6-15/h1-7,9,11-14,20,25-26H,8,10H2. The van der Waals surface area contributed by atoms with Gasteiger partial charge in [0.05, 0.1) is 24.7 Å². The fraction of sp³-hybridized carbons (Fsp3) is 0.136. The molecule has 0 aliphatic carbocycles. The molecule has 0 amide bonds. The molecule has 140 valence electrons. The summed E-state index contributed by atoms with van der Waals surface area (Å²) in [6, 6.07) is 14.1. The van der Waals surface area contributed by atoms with Crippen molar-refractivity contribution in [2.45, 2.75) is 12.5 Å². The summed E-state index contributed by atoms with van der Waals surface area (Å²) < 4.78 is 5.79. The van der Waals surface area contributed by atoms with Gasteiger partial charge in [0.1, 0.15) is 17.6 Å². The van der Waals surface area contributed by atoms with Crippen molar-refractivity contribution >= 4 is 17.2 Å². The lowest BCUT2D eigenvalue weighted by Crippen LogP contribution is -2.23. The largest absolute Gasteiger partial charge is 0.506 e. The monoisotopic (exact) mass is 373 g/mol. The molecule has 0 radical (unpaired) electrons. The molecule has 0 saturated heterocycles. The second-order valence-corrected chi connectivity index (χ2v) is 6.43. The van der Waals surface area contributed by atoms with Crippen molar-refractivity contribution in [3.05, 3.63) is 90.0 Å². The van der Waals surface area contributed by atoms with E-state index < -0.39 is 6.04 Å². The van der Waals surface area contributed by atoms with Crippen molar-refractivity contribution in [1.29, 1.82) is 0 Å². The number of carbonyl (C=O) groups excluding carboxylic acids is 1. The van der Waals surface area contributed by atoms with Crippen LogP contribution in [-0.4, -0.2) is 27.5 Å². The highest BCUT2D eigenvalue weighted by Gasteiger charge is 2.30. The second-order valence-electron chi connectivity index (χ2n) is 6.43. The van der Waals surface area contributed by atoms with E-state index in [1.165, 1.54) is 12.3 Å². The van der Waals surface area contributed by atoms with Crippen LogP contribution in [0, 0.1) is 0 Å². The molecule has 6 heteroatoms. The Bertz CT molecular complexity index is 1000. The molecule has 0 fully saturated rings. The summed E-state index contributed by atoms with van der Waals surface area (Å²) in [6.07, 6.45) is 6.76. The quantitative estimate of drug-likeness (QED) is 0.685. The molecule has 6 nitrogen and oxygen atoms in total. The van der Waals surface area contributed by atoms with Gasteiger partial charge in [0.15, 0.2) is 5.78 Å². The van der Waals surface area contributed by atoms with Crippen LogP contribution in [-0.2, 0) is 9.53 Å². The predicted molar refractivity (Wildman–Crippen MR) is 105 cm³/mol. The van der Waals surface area contributed by atoms with Crippen LogP contribution in [0.5, 0.6) is 5.75 Å². The van der Waals surface area contributed by atoms with Gasteiger partial charge in [-0.05, 0) is 6.07 Å². The number of ketones is 1. The molecule has 0 saturated carbocycles. The SMILES string of the molecule is O=C(C1=C(c2ccccc2)OCC1)C(Nc1cncc(O)c1)c1cccnc1. The minimum Gasteiger partial charge on any atom is -0.506 e. The minimum atomic E-state index is -0.673. The fourth-order valence-corrected chi connectivity index (χ4v) is 3.23. The van der Waals surface area contributed by atoms with Crippen LogP contribution in [0.15, 0.2) is 78.9 Å². The van der Waals surface area contributed by atoms with E-state index >= 15 is 0 Å². The van der Waals surface area contributed by atoms with E-state index in [0.717, 1.165) is 11.1 Å². The zero-order valence-electron chi connectivity index (χ0n) is 15.1. The average Bonchev–Trinajstić information content (AvgIpc) is 3.23. The number of ether oxygens (including phenoxy) is 1. The van der Waals surface area contributed by atoms with Crippen LogP contribution in [0.3, 0.4) is 0 Å². The molecule has 1 unspecified atom stereocenters. The maximum atomic E-state index is 13.5. The first-order valence-corrected chi connectivity index (χ1v) is 8.98. The zero-order chi connectivity index (χ0) is 19.3. The topological polar surface area (TPSA) is 84.3 Å². The summed E-state index contributed by atoms with van der Waals surface area (Å²) >= 11 is 0. The Morgan fingerprint density at radius 2 is 1.93 bits per heavy atom. The van der Waals surface area contributed by atoms with E-state index in [2.05, 4.69) is 15.3 Å². The first-order valence-electron chi connectivity index (χ1n) is 8.98. The third-order valence-corrected chi connectivity index (χ3v) is 4.52. The summed E-state index contributed by atoms with van der Waals surface area (Å²) in [4.78, 5) is 21.6. The summed E-state index contributed by atoms with van der Waals surface area (Å²) in [7, 11) is 0.